The van der Waals surface area contributed by atoms with Crippen LogP contribution in [0.5, 0.6) is 0 Å². The van der Waals surface area contributed by atoms with E-state index < -0.39 is 11.7 Å². The number of nitrogens with zero attached hydrogens (tertiary/aromatic N) is 7. The van der Waals surface area contributed by atoms with Gasteiger partial charge in [-0.05, 0) is 43.0 Å². The number of aromatic nitrogens is 5. The molecule has 10 heteroatoms. The maximum absolute atomic E-state index is 12.9. The van der Waals surface area contributed by atoms with E-state index in [0.29, 0.717) is 23.9 Å². The molecule has 0 spiro atoms. The zero-order valence-corrected chi connectivity index (χ0v) is 15.3. The molecule has 7 nitrogen and oxygen atoms in total. The third kappa shape index (κ3) is 3.85. The van der Waals surface area contributed by atoms with Crippen molar-refractivity contribution in [2.45, 2.75) is 19.0 Å². The minimum Gasteiger partial charge on any atom is -0.359 e. The third-order valence-corrected chi connectivity index (χ3v) is 5.08. The van der Waals surface area contributed by atoms with Crippen LogP contribution < -0.4 is 9.80 Å². The van der Waals surface area contributed by atoms with Gasteiger partial charge in [0, 0.05) is 32.9 Å². The van der Waals surface area contributed by atoms with Crippen LogP contribution in [0.3, 0.4) is 0 Å². The summed E-state index contributed by atoms with van der Waals surface area (Å²) in [6.45, 7) is 2.35. The van der Waals surface area contributed by atoms with Gasteiger partial charge < -0.3 is 9.80 Å². The lowest BCUT2D eigenvalue weighted by Gasteiger charge is -2.34. The van der Waals surface area contributed by atoms with Crippen LogP contribution in [-0.4, -0.2) is 51.5 Å². The first-order valence-electron chi connectivity index (χ1n) is 9.06. The lowest BCUT2D eigenvalue weighted by molar-refractivity contribution is -0.137. The molecule has 148 valence electrons. The van der Waals surface area contributed by atoms with Crippen molar-refractivity contribution in [3.05, 3.63) is 42.4 Å². The molecule has 0 radical (unpaired) electrons. The van der Waals surface area contributed by atoms with Crippen LogP contribution in [0.1, 0.15) is 18.4 Å². The van der Waals surface area contributed by atoms with Gasteiger partial charge in [-0.25, -0.2) is 4.98 Å². The summed E-state index contributed by atoms with van der Waals surface area (Å²) in [6.07, 6.45) is 0.297. The molecule has 4 rings (SSSR count). The van der Waals surface area contributed by atoms with Gasteiger partial charge in [-0.1, -0.05) is 0 Å². The molecule has 1 saturated heterocycles. The van der Waals surface area contributed by atoms with Crippen molar-refractivity contribution in [1.82, 2.24) is 24.8 Å². The standard InChI is InChI=1S/C18H20F3N7/c1-26(17-10-14(4-7-22-17)18(19,20)21)11-13-5-8-27(9-6-13)16-3-2-15-24-23-12-28(15)25-16/h2-4,7,10,12-13H,5-6,8-9,11H2,1H3. The second-order valence-electron chi connectivity index (χ2n) is 7.04. The van der Waals surface area contributed by atoms with Crippen LogP contribution >= 0.6 is 0 Å². The third-order valence-electron chi connectivity index (χ3n) is 5.08. The Balaban J connectivity index is 1.36. The van der Waals surface area contributed by atoms with Crippen LogP contribution in [0.15, 0.2) is 36.8 Å². The molecule has 0 aromatic carbocycles. The van der Waals surface area contributed by atoms with Gasteiger partial charge >= 0.3 is 6.18 Å². The van der Waals surface area contributed by atoms with Crippen LogP contribution in [0.25, 0.3) is 5.65 Å². The number of anilines is 2. The zero-order chi connectivity index (χ0) is 19.7. The second kappa shape index (κ2) is 7.25. The van der Waals surface area contributed by atoms with E-state index >= 15 is 0 Å². The summed E-state index contributed by atoms with van der Waals surface area (Å²) in [5.41, 5.74) is 0.0310. The smallest absolute Gasteiger partial charge is 0.359 e. The maximum atomic E-state index is 12.9. The van der Waals surface area contributed by atoms with E-state index in [-0.39, 0.29) is 0 Å². The highest BCUT2D eigenvalue weighted by atomic mass is 19.4. The summed E-state index contributed by atoms with van der Waals surface area (Å²) < 4.78 is 40.4. The van der Waals surface area contributed by atoms with Crippen LogP contribution in [0.4, 0.5) is 24.8 Å². The first-order chi connectivity index (χ1) is 13.4. The Morgan fingerprint density at radius 3 is 2.71 bits per heavy atom. The highest BCUT2D eigenvalue weighted by Gasteiger charge is 2.31. The minimum absolute atomic E-state index is 0.344. The van der Waals surface area contributed by atoms with Crippen LogP contribution in [0.2, 0.25) is 0 Å². The Labute approximate surface area is 159 Å². The number of hydrogen-bond acceptors (Lipinski definition) is 6. The highest BCUT2D eigenvalue weighted by molar-refractivity contribution is 5.45. The highest BCUT2D eigenvalue weighted by Crippen LogP contribution is 2.31. The summed E-state index contributed by atoms with van der Waals surface area (Å²) in [4.78, 5) is 8.11. The van der Waals surface area contributed by atoms with Crippen LogP contribution in [-0.2, 0) is 6.18 Å². The SMILES string of the molecule is CN(CC1CCN(c2ccc3nncn3n2)CC1)c1cc(C(F)(F)F)ccn1. The minimum atomic E-state index is -4.36. The van der Waals surface area contributed by atoms with E-state index in [9.17, 15) is 13.2 Å². The molecule has 0 saturated carbocycles. The second-order valence-corrected chi connectivity index (χ2v) is 7.04. The van der Waals surface area contributed by atoms with E-state index in [2.05, 4.69) is 25.2 Å². The molecule has 28 heavy (non-hydrogen) atoms. The molecule has 0 bridgehead atoms. The first kappa shape index (κ1) is 18.5. The van der Waals surface area contributed by atoms with Gasteiger partial charge in [0.1, 0.15) is 18.0 Å². The summed E-state index contributed by atoms with van der Waals surface area (Å²) >= 11 is 0. The Morgan fingerprint density at radius 1 is 1.18 bits per heavy atom. The Bertz CT molecular complexity index is 948. The molecule has 1 fully saturated rings. The molecule has 3 aromatic heterocycles. The number of piperidine rings is 1. The van der Waals surface area contributed by atoms with Crippen molar-refractivity contribution >= 4 is 17.3 Å². The average molecular weight is 391 g/mol. The van der Waals surface area contributed by atoms with E-state index in [4.69, 9.17) is 0 Å². The van der Waals surface area contributed by atoms with Crippen molar-refractivity contribution in [3.63, 3.8) is 0 Å². The molecule has 1 aliphatic heterocycles. The average Bonchev–Trinajstić information content (AvgIpc) is 3.16. The van der Waals surface area contributed by atoms with E-state index in [1.165, 1.54) is 6.20 Å². The molecular formula is C18H20F3N7. The summed E-state index contributed by atoms with van der Waals surface area (Å²) in [5, 5.41) is 12.3. The number of pyridine rings is 1. The summed E-state index contributed by atoms with van der Waals surface area (Å²) in [7, 11) is 1.79. The van der Waals surface area contributed by atoms with Gasteiger partial charge in [0.05, 0.1) is 5.56 Å². The Hall–Kier alpha value is -2.91. The normalized spacial score (nSPS) is 15.9. The number of halogens is 3. The molecule has 0 aliphatic carbocycles. The topological polar surface area (TPSA) is 62.5 Å². The van der Waals surface area contributed by atoms with Crippen molar-refractivity contribution in [2.24, 2.45) is 5.92 Å². The fourth-order valence-electron chi connectivity index (χ4n) is 3.52. The molecule has 4 heterocycles. The predicted octanol–water partition coefficient (Wildman–Crippen LogP) is 2.89. The maximum Gasteiger partial charge on any atom is 0.416 e. The first-order valence-corrected chi connectivity index (χ1v) is 9.06. The van der Waals surface area contributed by atoms with E-state index in [1.807, 2.05) is 12.1 Å². The molecular weight excluding hydrogens is 371 g/mol. The van der Waals surface area contributed by atoms with Crippen molar-refractivity contribution in [1.29, 1.82) is 0 Å². The predicted molar refractivity (Wildman–Crippen MR) is 98.2 cm³/mol. The molecule has 1 aliphatic rings. The van der Waals surface area contributed by atoms with E-state index in [1.54, 1.807) is 22.8 Å². The fraction of sp³-hybridized carbons (Fsp3) is 0.444. The number of alkyl halides is 3. The van der Waals surface area contributed by atoms with Gasteiger partial charge in [0.15, 0.2) is 5.65 Å². The zero-order valence-electron chi connectivity index (χ0n) is 15.3. The Morgan fingerprint density at radius 2 is 1.96 bits per heavy atom. The lowest BCUT2D eigenvalue weighted by Crippen LogP contribution is -2.38. The van der Waals surface area contributed by atoms with Gasteiger partial charge in [-0.15, -0.1) is 15.3 Å². The van der Waals surface area contributed by atoms with Crippen molar-refractivity contribution < 1.29 is 13.2 Å². The molecule has 0 unspecified atom stereocenters. The number of rotatable bonds is 4. The summed E-state index contributed by atoms with van der Waals surface area (Å²) in [5.74, 6) is 1.60. The molecule has 0 atom stereocenters. The number of fused-ring (bicyclic) bond motifs is 1. The van der Waals surface area contributed by atoms with Crippen molar-refractivity contribution in [2.75, 3.05) is 36.5 Å². The van der Waals surface area contributed by atoms with Gasteiger partial charge in [-0.2, -0.15) is 17.7 Å². The summed E-state index contributed by atoms with van der Waals surface area (Å²) in [6, 6.07) is 5.92. The molecule has 3 aromatic rings. The number of hydrogen-bond donors (Lipinski definition) is 0. The van der Waals surface area contributed by atoms with E-state index in [0.717, 1.165) is 43.9 Å². The fourth-order valence-corrected chi connectivity index (χ4v) is 3.52. The quantitative estimate of drug-likeness (QED) is 0.682. The molecule has 0 amide bonds. The largest absolute Gasteiger partial charge is 0.416 e. The van der Waals surface area contributed by atoms with Gasteiger partial charge in [0.2, 0.25) is 0 Å². The lowest BCUT2D eigenvalue weighted by atomic mass is 9.96. The van der Waals surface area contributed by atoms with Gasteiger partial charge in [0.25, 0.3) is 0 Å². The van der Waals surface area contributed by atoms with Gasteiger partial charge in [-0.3, -0.25) is 0 Å². The van der Waals surface area contributed by atoms with Crippen molar-refractivity contribution in [3.8, 4) is 0 Å². The Kier molecular flexibility index (Phi) is 4.78. The monoisotopic (exact) mass is 391 g/mol. The molecule has 0 N–H and O–H groups in total. The van der Waals surface area contributed by atoms with Crippen LogP contribution in [0, 0.1) is 5.92 Å².